The van der Waals surface area contributed by atoms with Crippen molar-refractivity contribution in [1.82, 2.24) is 30.5 Å². The number of piperidine rings is 1. The van der Waals surface area contributed by atoms with E-state index in [1.165, 1.54) is 0 Å². The highest BCUT2D eigenvalue weighted by Crippen LogP contribution is 2.20. The number of pyridine rings is 1. The van der Waals surface area contributed by atoms with Gasteiger partial charge in [-0.1, -0.05) is 12.2 Å². The Labute approximate surface area is 146 Å². The summed E-state index contributed by atoms with van der Waals surface area (Å²) in [6.45, 7) is 2.11. The Hall–Kier alpha value is -2.80. The standard InChI is InChI=1S/C18H21N7/c1-25(15-4-6-19-7-5-15)17-12-20-16-8-13(9-21-18(16)24-17)2-3-14-10-22-23-11-14/h2-3,8-12,15,19H,4-7H2,1H3,(H,22,23). The Kier molecular flexibility index (Phi) is 4.39. The minimum Gasteiger partial charge on any atom is -0.355 e. The Bertz CT molecular complexity index is 866. The molecule has 7 heteroatoms. The molecule has 0 aromatic carbocycles. The Morgan fingerprint density at radius 1 is 1.08 bits per heavy atom. The van der Waals surface area contributed by atoms with Gasteiger partial charge < -0.3 is 10.2 Å². The SMILES string of the molecule is CN(c1cnc2cc(C=Cc3cn[nH]c3)cnc2n1)C1CCNCC1. The molecule has 7 nitrogen and oxygen atoms in total. The molecule has 0 aliphatic carbocycles. The van der Waals surface area contributed by atoms with Crippen LogP contribution < -0.4 is 10.2 Å². The van der Waals surface area contributed by atoms with E-state index < -0.39 is 0 Å². The fourth-order valence-electron chi connectivity index (χ4n) is 3.09. The van der Waals surface area contributed by atoms with Crippen LogP contribution in [0.2, 0.25) is 0 Å². The molecule has 2 N–H and O–H groups in total. The lowest BCUT2D eigenvalue weighted by atomic mass is 10.1. The Balaban J connectivity index is 1.56. The maximum atomic E-state index is 4.69. The molecular formula is C18H21N7. The molecular weight excluding hydrogens is 314 g/mol. The van der Waals surface area contributed by atoms with E-state index in [2.05, 4.69) is 37.4 Å². The van der Waals surface area contributed by atoms with Crippen molar-refractivity contribution in [1.29, 1.82) is 0 Å². The molecule has 25 heavy (non-hydrogen) atoms. The van der Waals surface area contributed by atoms with Gasteiger partial charge in [0.15, 0.2) is 5.65 Å². The number of hydrogen-bond acceptors (Lipinski definition) is 6. The van der Waals surface area contributed by atoms with Gasteiger partial charge in [-0.05, 0) is 37.6 Å². The second-order valence-electron chi connectivity index (χ2n) is 6.30. The molecule has 1 aliphatic rings. The lowest BCUT2D eigenvalue weighted by Gasteiger charge is -2.32. The number of nitrogens with one attached hydrogen (secondary N) is 2. The van der Waals surface area contributed by atoms with Gasteiger partial charge in [0, 0.05) is 31.0 Å². The van der Waals surface area contributed by atoms with Gasteiger partial charge in [-0.15, -0.1) is 0 Å². The van der Waals surface area contributed by atoms with Gasteiger partial charge in [-0.2, -0.15) is 5.10 Å². The van der Waals surface area contributed by atoms with Crippen LogP contribution in [0.4, 0.5) is 5.82 Å². The van der Waals surface area contributed by atoms with Crippen LogP contribution >= 0.6 is 0 Å². The van der Waals surface area contributed by atoms with Gasteiger partial charge in [-0.3, -0.25) is 5.10 Å². The Morgan fingerprint density at radius 2 is 1.92 bits per heavy atom. The maximum absolute atomic E-state index is 4.69. The summed E-state index contributed by atoms with van der Waals surface area (Å²) in [5.41, 5.74) is 3.49. The van der Waals surface area contributed by atoms with E-state index in [1.807, 2.05) is 36.8 Å². The van der Waals surface area contributed by atoms with Crippen LogP contribution in [0.25, 0.3) is 23.3 Å². The summed E-state index contributed by atoms with van der Waals surface area (Å²) in [7, 11) is 2.09. The number of hydrogen-bond donors (Lipinski definition) is 2. The first-order chi connectivity index (χ1) is 12.3. The van der Waals surface area contributed by atoms with E-state index in [9.17, 15) is 0 Å². The molecule has 0 atom stereocenters. The first kappa shape index (κ1) is 15.7. The van der Waals surface area contributed by atoms with Gasteiger partial charge in [0.25, 0.3) is 0 Å². The van der Waals surface area contributed by atoms with E-state index >= 15 is 0 Å². The third-order valence-corrected chi connectivity index (χ3v) is 4.61. The summed E-state index contributed by atoms with van der Waals surface area (Å²) in [5.74, 6) is 0.883. The van der Waals surface area contributed by atoms with Crippen molar-refractivity contribution in [3.8, 4) is 0 Å². The van der Waals surface area contributed by atoms with Crippen molar-refractivity contribution in [2.45, 2.75) is 18.9 Å². The zero-order valence-corrected chi connectivity index (χ0v) is 14.2. The zero-order valence-electron chi connectivity index (χ0n) is 14.2. The molecule has 0 bridgehead atoms. The molecule has 3 aromatic heterocycles. The molecule has 0 radical (unpaired) electrons. The topological polar surface area (TPSA) is 82.6 Å². The molecule has 128 valence electrons. The zero-order chi connectivity index (χ0) is 17.1. The lowest BCUT2D eigenvalue weighted by molar-refractivity contribution is 0.441. The number of aromatic nitrogens is 5. The van der Waals surface area contributed by atoms with Crippen LogP contribution in [-0.2, 0) is 0 Å². The molecule has 3 aromatic rings. The largest absolute Gasteiger partial charge is 0.355 e. The van der Waals surface area contributed by atoms with Gasteiger partial charge in [0.2, 0.25) is 0 Å². The van der Waals surface area contributed by atoms with Crippen molar-refractivity contribution < 1.29 is 0 Å². The quantitative estimate of drug-likeness (QED) is 0.760. The molecule has 0 saturated carbocycles. The third-order valence-electron chi connectivity index (χ3n) is 4.61. The van der Waals surface area contributed by atoms with Crippen LogP contribution in [0.15, 0.2) is 30.9 Å². The third kappa shape index (κ3) is 3.51. The smallest absolute Gasteiger partial charge is 0.180 e. The van der Waals surface area contributed by atoms with Crippen molar-refractivity contribution >= 4 is 29.1 Å². The second kappa shape index (κ2) is 6.98. The minimum absolute atomic E-state index is 0.505. The molecule has 0 amide bonds. The van der Waals surface area contributed by atoms with Gasteiger partial charge in [0.05, 0.1) is 12.4 Å². The van der Waals surface area contributed by atoms with Gasteiger partial charge in [-0.25, -0.2) is 15.0 Å². The van der Waals surface area contributed by atoms with Crippen LogP contribution in [0.5, 0.6) is 0 Å². The fraction of sp³-hybridized carbons (Fsp3) is 0.333. The van der Waals surface area contributed by atoms with Crippen LogP contribution in [0.3, 0.4) is 0 Å². The predicted octanol–water partition coefficient (Wildman–Crippen LogP) is 2.11. The lowest BCUT2D eigenvalue weighted by Crippen LogP contribution is -2.41. The molecule has 1 fully saturated rings. The molecule has 4 rings (SSSR count). The summed E-state index contributed by atoms with van der Waals surface area (Å²) in [4.78, 5) is 16.0. The number of rotatable bonds is 4. The van der Waals surface area contributed by atoms with Crippen LogP contribution in [0.1, 0.15) is 24.0 Å². The van der Waals surface area contributed by atoms with E-state index in [4.69, 9.17) is 4.98 Å². The molecule has 1 aliphatic heterocycles. The number of anilines is 1. The van der Waals surface area contributed by atoms with Crippen LogP contribution in [-0.4, -0.2) is 51.3 Å². The van der Waals surface area contributed by atoms with Crippen LogP contribution in [0, 0.1) is 0 Å². The summed E-state index contributed by atoms with van der Waals surface area (Å²) < 4.78 is 0. The molecule has 0 unspecified atom stereocenters. The first-order valence-electron chi connectivity index (χ1n) is 8.53. The number of nitrogens with zero attached hydrogens (tertiary/aromatic N) is 5. The van der Waals surface area contributed by atoms with Crippen molar-refractivity contribution in [2.24, 2.45) is 0 Å². The predicted molar refractivity (Wildman–Crippen MR) is 99.1 cm³/mol. The summed E-state index contributed by atoms with van der Waals surface area (Å²) in [6, 6.07) is 2.51. The molecule has 0 spiro atoms. The second-order valence-corrected chi connectivity index (χ2v) is 6.30. The first-order valence-corrected chi connectivity index (χ1v) is 8.53. The molecule has 4 heterocycles. The summed E-state index contributed by atoms with van der Waals surface area (Å²) in [6.07, 6.45) is 13.5. The van der Waals surface area contributed by atoms with Gasteiger partial charge >= 0.3 is 0 Å². The monoisotopic (exact) mass is 335 g/mol. The number of H-pyrrole nitrogens is 1. The van der Waals surface area contributed by atoms with E-state index in [0.717, 1.165) is 48.4 Å². The number of aromatic amines is 1. The van der Waals surface area contributed by atoms with Gasteiger partial charge in [0.1, 0.15) is 11.3 Å². The number of fused-ring (bicyclic) bond motifs is 1. The maximum Gasteiger partial charge on any atom is 0.180 e. The highest BCUT2D eigenvalue weighted by Gasteiger charge is 2.19. The van der Waals surface area contributed by atoms with E-state index in [0.29, 0.717) is 11.7 Å². The highest BCUT2D eigenvalue weighted by molar-refractivity contribution is 5.77. The Morgan fingerprint density at radius 3 is 2.72 bits per heavy atom. The average molecular weight is 335 g/mol. The normalized spacial score (nSPS) is 15.9. The van der Waals surface area contributed by atoms with Crippen molar-refractivity contribution in [2.75, 3.05) is 25.0 Å². The summed E-state index contributed by atoms with van der Waals surface area (Å²) >= 11 is 0. The summed E-state index contributed by atoms with van der Waals surface area (Å²) in [5, 5.41) is 10.1. The van der Waals surface area contributed by atoms with E-state index in [1.54, 1.807) is 6.20 Å². The fourth-order valence-corrected chi connectivity index (χ4v) is 3.09. The van der Waals surface area contributed by atoms with Crippen molar-refractivity contribution in [3.63, 3.8) is 0 Å². The van der Waals surface area contributed by atoms with E-state index in [-0.39, 0.29) is 0 Å². The molecule has 1 saturated heterocycles. The average Bonchev–Trinajstić information content (AvgIpc) is 3.19. The van der Waals surface area contributed by atoms with Crippen molar-refractivity contribution in [3.05, 3.63) is 42.0 Å². The highest BCUT2D eigenvalue weighted by atomic mass is 15.2. The minimum atomic E-state index is 0.505.